The molecule has 2 rings (SSSR count). The van der Waals surface area contributed by atoms with Gasteiger partial charge < -0.3 is 24.7 Å². The molecule has 0 bridgehead atoms. The van der Waals surface area contributed by atoms with E-state index in [2.05, 4.69) is 0 Å². The molecule has 0 aromatic rings. The van der Waals surface area contributed by atoms with Crippen molar-refractivity contribution in [2.75, 3.05) is 32.8 Å². The Morgan fingerprint density at radius 2 is 1.90 bits per heavy atom. The highest BCUT2D eigenvalue weighted by Gasteiger charge is 2.44. The van der Waals surface area contributed by atoms with Crippen molar-refractivity contribution in [3.05, 3.63) is 0 Å². The summed E-state index contributed by atoms with van der Waals surface area (Å²) in [7, 11) is 0. The van der Waals surface area contributed by atoms with Crippen LogP contribution < -0.4 is 0 Å². The van der Waals surface area contributed by atoms with Gasteiger partial charge in [-0.3, -0.25) is 4.79 Å². The van der Waals surface area contributed by atoms with E-state index in [1.807, 2.05) is 13.8 Å². The molecule has 120 valence electrons. The zero-order valence-corrected chi connectivity index (χ0v) is 12.8. The van der Waals surface area contributed by atoms with Crippen molar-refractivity contribution in [1.82, 2.24) is 9.80 Å². The third kappa shape index (κ3) is 3.29. The van der Waals surface area contributed by atoms with E-state index in [1.165, 1.54) is 0 Å². The van der Waals surface area contributed by atoms with Crippen LogP contribution in [-0.2, 0) is 9.53 Å². The van der Waals surface area contributed by atoms with E-state index in [0.29, 0.717) is 26.1 Å². The Balaban J connectivity index is 2.05. The van der Waals surface area contributed by atoms with E-state index >= 15 is 0 Å². The second kappa shape index (κ2) is 5.46. The fourth-order valence-corrected chi connectivity index (χ4v) is 3.04. The van der Waals surface area contributed by atoms with Crippen molar-refractivity contribution in [1.29, 1.82) is 0 Å². The minimum Gasteiger partial charge on any atom is -0.481 e. The van der Waals surface area contributed by atoms with Crippen molar-refractivity contribution in [3.8, 4) is 0 Å². The second-order valence-corrected chi connectivity index (χ2v) is 6.88. The normalized spacial score (nSPS) is 32.3. The molecule has 2 heterocycles. The van der Waals surface area contributed by atoms with Gasteiger partial charge in [-0.2, -0.15) is 0 Å². The number of carbonyl (C=O) groups excluding carboxylic acids is 1. The van der Waals surface area contributed by atoms with Crippen LogP contribution in [0.15, 0.2) is 0 Å². The summed E-state index contributed by atoms with van der Waals surface area (Å²) in [6.45, 7) is 6.72. The molecule has 21 heavy (non-hydrogen) atoms. The van der Waals surface area contributed by atoms with Gasteiger partial charge in [0.05, 0.1) is 36.8 Å². The summed E-state index contributed by atoms with van der Waals surface area (Å²) in [6.07, 6.45) is 0.0665. The number of morpholine rings is 1. The van der Waals surface area contributed by atoms with Crippen molar-refractivity contribution in [2.24, 2.45) is 5.41 Å². The van der Waals surface area contributed by atoms with Crippen molar-refractivity contribution in [2.45, 2.75) is 38.9 Å². The van der Waals surface area contributed by atoms with E-state index in [-0.39, 0.29) is 19.2 Å². The number of rotatable bonds is 2. The van der Waals surface area contributed by atoms with Gasteiger partial charge in [0.2, 0.25) is 0 Å². The van der Waals surface area contributed by atoms with Gasteiger partial charge in [0.25, 0.3) is 0 Å². The molecule has 2 amide bonds. The highest BCUT2D eigenvalue weighted by atomic mass is 16.5. The summed E-state index contributed by atoms with van der Waals surface area (Å²) in [5.74, 6) is -0.867. The molecule has 7 nitrogen and oxygen atoms in total. The number of ether oxygens (including phenoxy) is 1. The first-order chi connectivity index (χ1) is 9.67. The largest absolute Gasteiger partial charge is 0.481 e. The lowest BCUT2D eigenvalue weighted by atomic mass is 9.90. The fraction of sp³-hybridized carbons (Fsp3) is 0.857. The van der Waals surface area contributed by atoms with Crippen LogP contribution in [0.3, 0.4) is 0 Å². The summed E-state index contributed by atoms with van der Waals surface area (Å²) in [5, 5.41) is 18.5. The lowest BCUT2D eigenvalue weighted by Gasteiger charge is -2.43. The number of likely N-dealkylation sites (tertiary alicyclic amines) is 1. The summed E-state index contributed by atoms with van der Waals surface area (Å²) in [6, 6.07) is -0.171. The third-order valence-electron chi connectivity index (χ3n) is 4.22. The molecular formula is C14H24N2O5. The average molecular weight is 300 g/mol. The molecule has 0 saturated carbocycles. The molecule has 2 aliphatic rings. The van der Waals surface area contributed by atoms with Crippen LogP contribution in [-0.4, -0.2) is 76.5 Å². The predicted octanol–water partition coefficient (Wildman–Crippen LogP) is 0.375. The Labute approximate surface area is 124 Å². The van der Waals surface area contributed by atoms with E-state index in [0.717, 1.165) is 0 Å². The van der Waals surface area contributed by atoms with Gasteiger partial charge >= 0.3 is 12.0 Å². The van der Waals surface area contributed by atoms with Crippen molar-refractivity contribution >= 4 is 12.0 Å². The van der Waals surface area contributed by atoms with Gasteiger partial charge in [0.15, 0.2) is 0 Å². The monoisotopic (exact) mass is 300 g/mol. The Morgan fingerprint density at radius 1 is 1.24 bits per heavy atom. The first-order valence-electron chi connectivity index (χ1n) is 7.23. The van der Waals surface area contributed by atoms with Crippen LogP contribution in [0.2, 0.25) is 0 Å². The van der Waals surface area contributed by atoms with Crippen molar-refractivity contribution < 1.29 is 24.5 Å². The van der Waals surface area contributed by atoms with Crippen molar-refractivity contribution in [3.63, 3.8) is 0 Å². The minimum absolute atomic E-state index is 0.139. The number of aliphatic carboxylic acids is 1. The van der Waals surface area contributed by atoms with E-state index in [4.69, 9.17) is 4.74 Å². The Kier molecular flexibility index (Phi) is 4.17. The number of carbonyl (C=O) groups is 2. The Morgan fingerprint density at radius 3 is 2.43 bits per heavy atom. The average Bonchev–Trinajstić information content (AvgIpc) is 2.80. The smallest absolute Gasteiger partial charge is 0.320 e. The van der Waals surface area contributed by atoms with E-state index < -0.39 is 23.1 Å². The molecule has 0 radical (unpaired) electrons. The number of carboxylic acids is 1. The van der Waals surface area contributed by atoms with Crippen LogP contribution in [0, 0.1) is 5.41 Å². The molecule has 0 spiro atoms. The van der Waals surface area contributed by atoms with Gasteiger partial charge in [-0.25, -0.2) is 4.79 Å². The molecule has 7 heteroatoms. The number of urea groups is 1. The zero-order valence-electron chi connectivity index (χ0n) is 12.8. The zero-order chi connectivity index (χ0) is 15.8. The van der Waals surface area contributed by atoms with Crippen LogP contribution in [0.25, 0.3) is 0 Å². The van der Waals surface area contributed by atoms with Crippen LogP contribution in [0.1, 0.15) is 27.2 Å². The van der Waals surface area contributed by atoms with E-state index in [9.17, 15) is 19.8 Å². The Hall–Kier alpha value is -1.34. The lowest BCUT2D eigenvalue weighted by Crippen LogP contribution is -2.58. The standard InChI is InChI=1S/C14H24N2O5/c1-13(2)8-16(6-10(7-17)21-13)12(20)15-5-4-14(3,9-15)11(18)19/h10,17H,4-9H2,1-3H3,(H,18,19). The predicted molar refractivity (Wildman–Crippen MR) is 74.9 cm³/mol. The molecule has 2 fully saturated rings. The number of aliphatic hydroxyl groups excluding tert-OH is 1. The van der Waals surface area contributed by atoms with Gasteiger partial charge in [-0.15, -0.1) is 0 Å². The van der Waals surface area contributed by atoms with Gasteiger partial charge in [-0.05, 0) is 27.2 Å². The molecule has 2 unspecified atom stereocenters. The molecule has 2 saturated heterocycles. The third-order valence-corrected chi connectivity index (χ3v) is 4.22. The summed E-state index contributed by atoms with van der Waals surface area (Å²) in [5.41, 5.74) is -1.38. The van der Waals surface area contributed by atoms with Gasteiger partial charge in [-0.1, -0.05) is 0 Å². The molecule has 2 atom stereocenters. The maximum Gasteiger partial charge on any atom is 0.320 e. The number of aliphatic hydroxyl groups is 1. The maximum absolute atomic E-state index is 12.6. The van der Waals surface area contributed by atoms with Crippen LogP contribution in [0.5, 0.6) is 0 Å². The summed E-state index contributed by atoms with van der Waals surface area (Å²) < 4.78 is 5.69. The number of hydrogen-bond acceptors (Lipinski definition) is 4. The second-order valence-electron chi connectivity index (χ2n) is 6.88. The van der Waals surface area contributed by atoms with Crippen LogP contribution >= 0.6 is 0 Å². The molecule has 2 N–H and O–H groups in total. The molecule has 0 aliphatic carbocycles. The van der Waals surface area contributed by atoms with E-state index in [1.54, 1.807) is 16.7 Å². The molecular weight excluding hydrogens is 276 g/mol. The number of hydrogen-bond donors (Lipinski definition) is 2. The highest BCUT2D eigenvalue weighted by molar-refractivity contribution is 5.79. The van der Waals surface area contributed by atoms with Gasteiger partial charge in [0.1, 0.15) is 0 Å². The van der Waals surface area contributed by atoms with Gasteiger partial charge in [0, 0.05) is 13.1 Å². The quantitative estimate of drug-likeness (QED) is 0.769. The first-order valence-corrected chi connectivity index (χ1v) is 7.23. The maximum atomic E-state index is 12.6. The lowest BCUT2D eigenvalue weighted by molar-refractivity contribution is -0.147. The molecule has 2 aliphatic heterocycles. The van der Waals surface area contributed by atoms with Crippen LogP contribution in [0.4, 0.5) is 4.79 Å². The Bertz CT molecular complexity index is 439. The highest BCUT2D eigenvalue weighted by Crippen LogP contribution is 2.31. The summed E-state index contributed by atoms with van der Waals surface area (Å²) in [4.78, 5) is 27.1. The molecule has 0 aromatic carbocycles. The number of amides is 2. The fourth-order valence-electron chi connectivity index (χ4n) is 3.04. The topological polar surface area (TPSA) is 90.3 Å². The molecule has 0 aromatic heterocycles. The number of nitrogens with zero attached hydrogens (tertiary/aromatic N) is 2. The number of carboxylic acid groups (broad SMARTS) is 1. The first kappa shape index (κ1) is 16.0. The summed E-state index contributed by atoms with van der Waals surface area (Å²) >= 11 is 0. The SMILES string of the molecule is CC1(C)CN(C(=O)N2CCC(C)(C(=O)O)C2)CC(CO)O1. The minimum atomic E-state index is -0.867.